The van der Waals surface area contributed by atoms with E-state index in [1.807, 2.05) is 34.0 Å². The van der Waals surface area contributed by atoms with Crippen LogP contribution in [0, 0.1) is 5.82 Å². The van der Waals surface area contributed by atoms with Crippen molar-refractivity contribution in [2.24, 2.45) is 0 Å². The average Bonchev–Trinajstić information content (AvgIpc) is 3.32. The van der Waals surface area contributed by atoms with Crippen LogP contribution in [-0.4, -0.2) is 79.4 Å². The molecule has 2 heterocycles. The summed E-state index contributed by atoms with van der Waals surface area (Å²) in [6, 6.07) is 10.0. The monoisotopic (exact) mass is 556 g/mol. The van der Waals surface area contributed by atoms with E-state index in [1.54, 1.807) is 4.90 Å². The molecule has 1 amide bonds. The molecule has 0 bridgehead atoms. The first kappa shape index (κ1) is 32.5. The van der Waals surface area contributed by atoms with E-state index in [0.29, 0.717) is 29.3 Å². The number of carbonyl (C=O) groups excluding carboxylic acids is 3. The lowest BCUT2D eigenvalue weighted by molar-refractivity contribution is -0.135. The van der Waals surface area contributed by atoms with Gasteiger partial charge < -0.3 is 30.4 Å². The fraction of sp³-hybridized carbons (Fsp3) is 0.433. The summed E-state index contributed by atoms with van der Waals surface area (Å²) < 4.78 is 17.9. The zero-order valence-electron chi connectivity index (χ0n) is 23.9. The van der Waals surface area contributed by atoms with E-state index in [-0.39, 0.29) is 24.4 Å². The van der Waals surface area contributed by atoms with Crippen LogP contribution in [0.1, 0.15) is 60.0 Å². The van der Waals surface area contributed by atoms with Crippen molar-refractivity contribution < 1.29 is 28.6 Å². The number of rotatable bonds is 8. The molecule has 4 N–H and O–H groups in total. The summed E-state index contributed by atoms with van der Waals surface area (Å²) in [6.07, 6.45) is 4.43. The summed E-state index contributed by atoms with van der Waals surface area (Å²) >= 11 is 0. The summed E-state index contributed by atoms with van der Waals surface area (Å²) in [4.78, 5) is 37.0. The standard InChI is InChI=1S/C15H20N2O2.C8H16N2O2.C7H5FO/c1-5-10-6-13-11(7-12(10)16-4)15(19-9(2)3)14(8-18)17-13;1-9-7-2-4-10(5-3-7)8(12)6-11;8-7-3-1-6(5-9)2-4-7/h6-9,16-17H,5H2,1-4H3;7,9,11H,2-6H2,1H3;1-5H. The molecule has 0 atom stereocenters. The van der Waals surface area contributed by atoms with E-state index < -0.39 is 0 Å². The summed E-state index contributed by atoms with van der Waals surface area (Å²) in [5, 5.41) is 15.9. The Bertz CT molecular complexity index is 1240. The normalized spacial score (nSPS) is 13.2. The number of aromatic amines is 1. The van der Waals surface area contributed by atoms with Crippen molar-refractivity contribution in [3.8, 4) is 5.75 Å². The van der Waals surface area contributed by atoms with Crippen LogP contribution in [0.15, 0.2) is 36.4 Å². The predicted octanol–water partition coefficient (Wildman–Crippen LogP) is 4.20. The number of H-pyrrole nitrogens is 1. The molecule has 1 saturated heterocycles. The highest BCUT2D eigenvalue weighted by atomic mass is 19.1. The number of fused-ring (bicyclic) bond motifs is 1. The van der Waals surface area contributed by atoms with E-state index in [0.717, 1.165) is 55.2 Å². The van der Waals surface area contributed by atoms with Crippen molar-refractivity contribution in [1.29, 1.82) is 0 Å². The molecule has 0 spiro atoms. The van der Waals surface area contributed by atoms with Crippen molar-refractivity contribution in [3.05, 3.63) is 59.0 Å². The maximum atomic E-state index is 12.1. The summed E-state index contributed by atoms with van der Waals surface area (Å²) in [6.45, 7) is 7.19. The first-order valence-electron chi connectivity index (χ1n) is 13.5. The fourth-order valence-electron chi connectivity index (χ4n) is 4.31. The van der Waals surface area contributed by atoms with Gasteiger partial charge in [-0.1, -0.05) is 6.92 Å². The second-order valence-electron chi connectivity index (χ2n) is 9.58. The number of aromatic nitrogens is 1. The van der Waals surface area contributed by atoms with Gasteiger partial charge in [0, 0.05) is 42.8 Å². The number of nitrogens with one attached hydrogen (secondary N) is 3. The second kappa shape index (κ2) is 16.4. The smallest absolute Gasteiger partial charge is 0.248 e. The Labute approximate surface area is 235 Å². The molecule has 0 radical (unpaired) electrons. The van der Waals surface area contributed by atoms with Crippen LogP contribution in [0.3, 0.4) is 0 Å². The van der Waals surface area contributed by atoms with Gasteiger partial charge >= 0.3 is 0 Å². The van der Waals surface area contributed by atoms with Crippen molar-refractivity contribution >= 4 is 35.1 Å². The van der Waals surface area contributed by atoms with Crippen molar-refractivity contribution in [1.82, 2.24) is 15.2 Å². The molecule has 1 aromatic heterocycles. The first-order chi connectivity index (χ1) is 19.2. The maximum absolute atomic E-state index is 12.1. The third kappa shape index (κ3) is 9.17. The maximum Gasteiger partial charge on any atom is 0.248 e. The number of aliphatic hydroxyl groups is 1. The Balaban J connectivity index is 0.000000228. The largest absolute Gasteiger partial charge is 0.488 e. The number of likely N-dealkylation sites (tertiary alicyclic amines) is 1. The molecule has 0 aliphatic carbocycles. The Kier molecular flexibility index (Phi) is 13.3. The molecule has 0 unspecified atom stereocenters. The molecule has 218 valence electrons. The van der Waals surface area contributed by atoms with Gasteiger partial charge in [0.2, 0.25) is 5.91 Å². The van der Waals surface area contributed by atoms with Gasteiger partial charge in [-0.2, -0.15) is 0 Å². The van der Waals surface area contributed by atoms with Crippen molar-refractivity contribution in [3.63, 3.8) is 0 Å². The van der Waals surface area contributed by atoms with Crippen LogP contribution in [0.25, 0.3) is 10.9 Å². The topological polar surface area (TPSA) is 124 Å². The number of aryl methyl sites for hydroxylation is 1. The summed E-state index contributed by atoms with van der Waals surface area (Å²) in [5.74, 6) is 0.171. The van der Waals surface area contributed by atoms with Gasteiger partial charge in [0.15, 0.2) is 12.0 Å². The van der Waals surface area contributed by atoms with E-state index in [9.17, 15) is 18.8 Å². The number of hydrogen-bond donors (Lipinski definition) is 4. The van der Waals surface area contributed by atoms with Gasteiger partial charge in [0.1, 0.15) is 24.4 Å². The van der Waals surface area contributed by atoms with Gasteiger partial charge in [0.05, 0.1) is 11.6 Å². The molecule has 1 aliphatic rings. The number of ether oxygens (including phenoxy) is 1. The van der Waals surface area contributed by atoms with E-state index in [2.05, 4.69) is 28.6 Å². The van der Waals surface area contributed by atoms with E-state index in [1.165, 1.54) is 29.8 Å². The Morgan fingerprint density at radius 2 is 1.80 bits per heavy atom. The number of halogens is 1. The first-order valence-corrected chi connectivity index (χ1v) is 13.5. The number of piperidine rings is 1. The highest BCUT2D eigenvalue weighted by Gasteiger charge is 2.20. The number of aldehydes is 2. The molecule has 3 aromatic rings. The van der Waals surface area contributed by atoms with Gasteiger partial charge in [-0.15, -0.1) is 0 Å². The Morgan fingerprint density at radius 3 is 2.27 bits per heavy atom. The highest BCUT2D eigenvalue weighted by molar-refractivity contribution is 5.97. The molecule has 4 rings (SSSR count). The van der Waals surface area contributed by atoms with E-state index >= 15 is 0 Å². The second-order valence-corrected chi connectivity index (χ2v) is 9.58. The van der Waals surface area contributed by atoms with Crippen LogP contribution < -0.4 is 15.4 Å². The molecule has 1 fully saturated rings. The molecule has 0 saturated carbocycles. The molecular formula is C30H41FN4O5. The molecule has 1 aliphatic heterocycles. The van der Waals surface area contributed by atoms with Gasteiger partial charge in [-0.3, -0.25) is 14.4 Å². The number of anilines is 1. The Hall–Kier alpha value is -3.76. The lowest BCUT2D eigenvalue weighted by atomic mass is 10.1. The molecular weight excluding hydrogens is 515 g/mol. The zero-order valence-corrected chi connectivity index (χ0v) is 23.9. The third-order valence-electron chi connectivity index (χ3n) is 6.52. The highest BCUT2D eigenvalue weighted by Crippen LogP contribution is 2.34. The van der Waals surface area contributed by atoms with Crippen LogP contribution in [-0.2, 0) is 11.2 Å². The number of benzene rings is 2. The minimum absolute atomic E-state index is 0.0292. The van der Waals surface area contributed by atoms with Crippen LogP contribution in [0.4, 0.5) is 10.1 Å². The van der Waals surface area contributed by atoms with Gasteiger partial charge in [-0.05, 0) is 82.1 Å². The summed E-state index contributed by atoms with van der Waals surface area (Å²) in [7, 11) is 3.84. The van der Waals surface area contributed by atoms with Crippen molar-refractivity contribution in [2.75, 3.05) is 39.1 Å². The SMILES string of the molecule is CCc1cc2[nH]c(C=O)c(OC(C)C)c2cc1NC.CNC1CCN(C(=O)CO)CC1.O=Cc1ccc(F)cc1. The van der Waals surface area contributed by atoms with Crippen LogP contribution >= 0.6 is 0 Å². The average molecular weight is 557 g/mol. The third-order valence-corrected chi connectivity index (χ3v) is 6.52. The number of aliphatic hydroxyl groups excluding tert-OH is 1. The Morgan fingerprint density at radius 1 is 1.15 bits per heavy atom. The fourth-order valence-corrected chi connectivity index (χ4v) is 4.31. The quantitative estimate of drug-likeness (QED) is 0.307. The summed E-state index contributed by atoms with van der Waals surface area (Å²) in [5.41, 5.74) is 4.22. The molecule has 40 heavy (non-hydrogen) atoms. The number of carbonyl (C=O) groups is 3. The minimum Gasteiger partial charge on any atom is -0.488 e. The number of hydrogen-bond acceptors (Lipinski definition) is 7. The van der Waals surface area contributed by atoms with Crippen molar-refractivity contribution in [2.45, 2.75) is 52.2 Å². The molecule has 9 nitrogen and oxygen atoms in total. The van der Waals surface area contributed by atoms with Crippen LogP contribution in [0.2, 0.25) is 0 Å². The molecule has 10 heteroatoms. The lowest BCUT2D eigenvalue weighted by Gasteiger charge is -2.31. The lowest BCUT2D eigenvalue weighted by Crippen LogP contribution is -2.44. The van der Waals surface area contributed by atoms with Crippen LogP contribution in [0.5, 0.6) is 5.75 Å². The molecule has 2 aromatic carbocycles. The van der Waals surface area contributed by atoms with Gasteiger partial charge in [-0.25, -0.2) is 4.39 Å². The zero-order chi connectivity index (χ0) is 29.7. The van der Waals surface area contributed by atoms with Gasteiger partial charge in [0.25, 0.3) is 0 Å². The predicted molar refractivity (Wildman–Crippen MR) is 156 cm³/mol. The van der Waals surface area contributed by atoms with E-state index in [4.69, 9.17) is 9.84 Å². The minimum atomic E-state index is -0.357. The number of amides is 1. The number of nitrogens with zero attached hydrogens (tertiary/aromatic N) is 1.